The molecule has 0 aliphatic rings. The Morgan fingerprint density at radius 2 is 1.39 bits per heavy atom. The van der Waals surface area contributed by atoms with E-state index in [2.05, 4.69) is 13.2 Å². The molecule has 0 saturated carbocycles. The average Bonchev–Trinajstić information content (AvgIpc) is 2.72. The maximum Gasteiger partial charge on any atom is 0.338 e. The first-order chi connectivity index (χ1) is 14.7. The zero-order valence-electron chi connectivity index (χ0n) is 18.4. The topological polar surface area (TPSA) is 52.6 Å². The van der Waals surface area contributed by atoms with E-state index in [4.69, 9.17) is 9.47 Å². The van der Waals surface area contributed by atoms with Crippen LogP contribution in [-0.4, -0.2) is 11.8 Å². The fourth-order valence-corrected chi connectivity index (χ4v) is 3.16. The van der Waals surface area contributed by atoms with Gasteiger partial charge in [0.25, 0.3) is 0 Å². The smallest absolute Gasteiger partial charge is 0.338 e. The van der Waals surface area contributed by atoms with Gasteiger partial charge in [0, 0.05) is 12.0 Å². The Labute approximate surface area is 182 Å². The molecule has 0 heterocycles. The van der Waals surface area contributed by atoms with Crippen molar-refractivity contribution in [3.63, 3.8) is 0 Å². The molecule has 3 aromatic rings. The van der Waals surface area contributed by atoms with E-state index in [0.29, 0.717) is 34.8 Å². The summed E-state index contributed by atoms with van der Waals surface area (Å²) in [6.07, 6.45) is 0.358. The maximum absolute atomic E-state index is 12.0. The summed E-state index contributed by atoms with van der Waals surface area (Å²) >= 11 is 0. The third-order valence-electron chi connectivity index (χ3n) is 5.07. The van der Waals surface area contributed by atoms with E-state index in [1.54, 1.807) is 27.7 Å². The van der Waals surface area contributed by atoms with Gasteiger partial charge in [-0.3, -0.25) is 4.79 Å². The fourth-order valence-electron chi connectivity index (χ4n) is 3.16. The summed E-state index contributed by atoms with van der Waals surface area (Å²) in [6, 6.07) is 16.0. The summed E-state index contributed by atoms with van der Waals surface area (Å²) < 4.78 is 11.1. The van der Waals surface area contributed by atoms with Gasteiger partial charge < -0.3 is 9.47 Å². The summed E-state index contributed by atoms with van der Waals surface area (Å²) in [5.41, 5.74) is 1.87. The molecule has 158 valence electrons. The van der Waals surface area contributed by atoms with Crippen molar-refractivity contribution in [1.29, 1.82) is 0 Å². The SMILES string of the molecule is C=C(C)C(=O)Cc1ccc2c(ccc3cc(O/C(C)=C(\C)OC(=O)C(=C)C)ccc32)c1. The molecule has 3 rings (SSSR count). The van der Waals surface area contributed by atoms with Crippen molar-refractivity contribution in [1.82, 2.24) is 0 Å². The minimum Gasteiger partial charge on any atom is -0.458 e. The van der Waals surface area contributed by atoms with Gasteiger partial charge in [0.15, 0.2) is 5.78 Å². The number of carbonyl (C=O) groups is 2. The molecule has 0 spiro atoms. The zero-order valence-corrected chi connectivity index (χ0v) is 18.4. The van der Waals surface area contributed by atoms with Gasteiger partial charge in [0.05, 0.1) is 0 Å². The van der Waals surface area contributed by atoms with Crippen LogP contribution >= 0.6 is 0 Å². The third kappa shape index (κ3) is 5.10. The molecule has 0 aromatic heterocycles. The summed E-state index contributed by atoms with van der Waals surface area (Å²) in [5.74, 6) is 1.12. The Morgan fingerprint density at radius 1 is 0.774 bits per heavy atom. The molecule has 4 heteroatoms. The normalized spacial score (nSPS) is 11.7. The van der Waals surface area contributed by atoms with Gasteiger partial charge in [-0.1, -0.05) is 49.6 Å². The van der Waals surface area contributed by atoms with Gasteiger partial charge in [-0.05, 0) is 72.5 Å². The van der Waals surface area contributed by atoms with E-state index in [-0.39, 0.29) is 5.78 Å². The fraction of sp³-hybridized carbons (Fsp3) is 0.185. The number of benzene rings is 3. The number of hydrogen-bond donors (Lipinski definition) is 0. The lowest BCUT2D eigenvalue weighted by Crippen LogP contribution is -2.06. The van der Waals surface area contributed by atoms with E-state index < -0.39 is 5.97 Å². The Hall–Kier alpha value is -3.66. The minimum absolute atomic E-state index is 0.0505. The minimum atomic E-state index is -0.477. The first-order valence-electron chi connectivity index (χ1n) is 10.0. The highest BCUT2D eigenvalue weighted by Gasteiger charge is 2.10. The van der Waals surface area contributed by atoms with Crippen molar-refractivity contribution in [2.24, 2.45) is 0 Å². The standard InChI is InChI=1S/C27H26O4/c1-16(2)26(28)14-20-7-11-24-21(13-20)8-9-22-15-23(10-12-25(22)24)30-18(5)19(6)31-27(29)17(3)4/h7-13,15H,1,3,14H2,2,4-6H3/b19-18+. The van der Waals surface area contributed by atoms with Gasteiger partial charge in [-0.15, -0.1) is 0 Å². The van der Waals surface area contributed by atoms with Crippen molar-refractivity contribution in [2.45, 2.75) is 34.1 Å². The molecule has 0 N–H and O–H groups in total. The van der Waals surface area contributed by atoms with Crippen molar-refractivity contribution in [3.8, 4) is 5.75 Å². The second kappa shape index (κ2) is 9.00. The average molecular weight is 415 g/mol. The molecule has 0 saturated heterocycles. The molecule has 0 unspecified atom stereocenters. The van der Waals surface area contributed by atoms with Crippen LogP contribution in [0.1, 0.15) is 33.3 Å². The van der Waals surface area contributed by atoms with Gasteiger partial charge in [0.1, 0.15) is 17.3 Å². The number of allylic oxidation sites excluding steroid dienone is 3. The van der Waals surface area contributed by atoms with Crippen molar-refractivity contribution in [2.75, 3.05) is 0 Å². The molecule has 0 fully saturated rings. The van der Waals surface area contributed by atoms with Crippen LogP contribution in [-0.2, 0) is 20.7 Å². The molecular weight excluding hydrogens is 388 g/mol. The van der Waals surface area contributed by atoms with E-state index in [0.717, 1.165) is 27.1 Å². The largest absolute Gasteiger partial charge is 0.458 e. The monoisotopic (exact) mass is 414 g/mol. The molecule has 31 heavy (non-hydrogen) atoms. The van der Waals surface area contributed by atoms with Crippen molar-refractivity contribution >= 4 is 33.3 Å². The van der Waals surface area contributed by atoms with Crippen LogP contribution in [0.5, 0.6) is 5.75 Å². The molecule has 0 aliphatic carbocycles. The van der Waals surface area contributed by atoms with Crippen LogP contribution in [0.25, 0.3) is 21.5 Å². The third-order valence-corrected chi connectivity index (χ3v) is 5.07. The molecular formula is C27H26O4. The molecule has 0 atom stereocenters. The van der Waals surface area contributed by atoms with Gasteiger partial charge in [-0.25, -0.2) is 4.79 Å². The Morgan fingerprint density at radius 3 is 2.00 bits per heavy atom. The van der Waals surface area contributed by atoms with Crippen molar-refractivity contribution < 1.29 is 19.1 Å². The Kier molecular flexibility index (Phi) is 6.40. The number of ketones is 1. The Bertz CT molecular complexity index is 1260. The highest BCUT2D eigenvalue weighted by Crippen LogP contribution is 2.30. The van der Waals surface area contributed by atoms with Crippen LogP contribution in [0.15, 0.2) is 84.4 Å². The van der Waals surface area contributed by atoms with E-state index in [1.165, 1.54) is 0 Å². The van der Waals surface area contributed by atoms with Crippen molar-refractivity contribution in [3.05, 3.63) is 89.9 Å². The lowest BCUT2D eigenvalue weighted by Gasteiger charge is -2.12. The first kappa shape index (κ1) is 22.0. The van der Waals surface area contributed by atoms with Crippen LogP contribution in [0.2, 0.25) is 0 Å². The van der Waals surface area contributed by atoms with E-state index in [1.807, 2.05) is 48.5 Å². The molecule has 0 amide bonds. The highest BCUT2D eigenvalue weighted by atomic mass is 16.6. The second-order valence-corrected chi connectivity index (χ2v) is 7.77. The number of hydrogen-bond acceptors (Lipinski definition) is 4. The summed E-state index contributed by atoms with van der Waals surface area (Å²) in [7, 11) is 0. The molecule has 0 bridgehead atoms. The zero-order chi connectivity index (χ0) is 22.7. The number of ether oxygens (including phenoxy) is 2. The molecule has 0 aliphatic heterocycles. The van der Waals surface area contributed by atoms with Gasteiger partial charge in [0.2, 0.25) is 0 Å². The number of esters is 1. The summed E-state index contributed by atoms with van der Waals surface area (Å²) in [4.78, 5) is 23.7. The number of fused-ring (bicyclic) bond motifs is 3. The first-order valence-corrected chi connectivity index (χ1v) is 10.0. The Balaban J connectivity index is 1.88. The van der Waals surface area contributed by atoms with Gasteiger partial charge in [-0.2, -0.15) is 0 Å². The number of carbonyl (C=O) groups excluding carboxylic acids is 2. The summed E-state index contributed by atoms with van der Waals surface area (Å²) in [5, 5.41) is 4.30. The van der Waals surface area contributed by atoms with E-state index in [9.17, 15) is 9.59 Å². The quantitative estimate of drug-likeness (QED) is 0.193. The predicted octanol–water partition coefficient (Wildman–Crippen LogP) is 6.43. The molecule has 4 nitrogen and oxygen atoms in total. The van der Waals surface area contributed by atoms with Crippen LogP contribution in [0.3, 0.4) is 0 Å². The number of Topliss-reactive ketones (excluding diaryl/α,β-unsaturated/α-hetero) is 1. The predicted molar refractivity (Wildman–Crippen MR) is 125 cm³/mol. The lowest BCUT2D eigenvalue weighted by atomic mass is 9.97. The lowest BCUT2D eigenvalue weighted by molar-refractivity contribution is -0.135. The maximum atomic E-state index is 12.0. The van der Waals surface area contributed by atoms with Crippen LogP contribution in [0.4, 0.5) is 0 Å². The highest BCUT2D eigenvalue weighted by molar-refractivity contribution is 6.08. The van der Waals surface area contributed by atoms with Gasteiger partial charge >= 0.3 is 5.97 Å². The molecule has 0 radical (unpaired) electrons. The van der Waals surface area contributed by atoms with E-state index >= 15 is 0 Å². The van der Waals surface area contributed by atoms with Crippen LogP contribution in [0, 0.1) is 0 Å². The summed E-state index contributed by atoms with van der Waals surface area (Å²) in [6.45, 7) is 14.1. The number of rotatable bonds is 7. The molecule has 3 aromatic carbocycles. The second-order valence-electron chi connectivity index (χ2n) is 7.77. The van der Waals surface area contributed by atoms with Crippen LogP contribution < -0.4 is 4.74 Å².